The van der Waals surface area contributed by atoms with Gasteiger partial charge >= 0.3 is 0 Å². The lowest BCUT2D eigenvalue weighted by molar-refractivity contribution is -0.116. The Morgan fingerprint density at radius 2 is 1.83 bits per heavy atom. The summed E-state index contributed by atoms with van der Waals surface area (Å²) in [7, 11) is 0. The Kier molecular flexibility index (Phi) is 3.62. The Bertz CT molecular complexity index is 918. The minimum Gasteiger partial charge on any atom is -0.310 e. The van der Waals surface area contributed by atoms with Gasteiger partial charge in [0.2, 0.25) is 5.91 Å². The predicted molar refractivity (Wildman–Crippen MR) is 94.8 cm³/mol. The SMILES string of the molecule is Cc1nn(-c2ccccc2)c2c1[C@@H](c1ccccc1Cl)CC(=O)N2. The van der Waals surface area contributed by atoms with E-state index in [9.17, 15) is 4.79 Å². The van der Waals surface area contributed by atoms with Crippen LogP contribution in [0.15, 0.2) is 54.6 Å². The Labute approximate surface area is 145 Å². The van der Waals surface area contributed by atoms with Crippen LogP contribution in [-0.2, 0) is 4.79 Å². The first-order valence-electron chi connectivity index (χ1n) is 7.84. The quantitative estimate of drug-likeness (QED) is 0.757. The summed E-state index contributed by atoms with van der Waals surface area (Å²) < 4.78 is 1.80. The van der Waals surface area contributed by atoms with Gasteiger partial charge in [0.15, 0.2) is 0 Å². The third kappa shape index (κ3) is 2.39. The molecule has 120 valence electrons. The van der Waals surface area contributed by atoms with Crippen LogP contribution in [-0.4, -0.2) is 15.7 Å². The van der Waals surface area contributed by atoms with Crippen molar-refractivity contribution in [3.63, 3.8) is 0 Å². The number of anilines is 1. The zero-order valence-corrected chi connectivity index (χ0v) is 13.9. The number of para-hydroxylation sites is 1. The fourth-order valence-corrected chi connectivity index (χ4v) is 3.59. The number of aryl methyl sites for hydroxylation is 1. The molecule has 3 aromatic rings. The van der Waals surface area contributed by atoms with Gasteiger partial charge in [0, 0.05) is 22.9 Å². The van der Waals surface area contributed by atoms with Crippen LogP contribution in [0.2, 0.25) is 5.02 Å². The zero-order valence-electron chi connectivity index (χ0n) is 13.2. The molecule has 2 aromatic carbocycles. The highest BCUT2D eigenvalue weighted by Gasteiger charge is 2.33. The molecule has 1 amide bonds. The molecule has 4 rings (SSSR count). The summed E-state index contributed by atoms with van der Waals surface area (Å²) in [6.45, 7) is 1.97. The Balaban J connectivity index is 1.91. The van der Waals surface area contributed by atoms with Gasteiger partial charge in [0.1, 0.15) is 5.82 Å². The van der Waals surface area contributed by atoms with E-state index in [0.717, 1.165) is 28.3 Å². The molecule has 0 unspecified atom stereocenters. The number of halogens is 1. The maximum Gasteiger partial charge on any atom is 0.226 e. The number of fused-ring (bicyclic) bond motifs is 1. The standard InChI is InChI=1S/C19H16ClN3O/c1-12-18-15(14-9-5-6-10-16(14)20)11-17(24)21-19(18)23(22-12)13-7-3-2-4-8-13/h2-10,15H,11H2,1H3,(H,21,24)/t15-/m1/s1. The molecule has 24 heavy (non-hydrogen) atoms. The normalized spacial score (nSPS) is 16.6. The topological polar surface area (TPSA) is 46.9 Å². The molecule has 1 aliphatic heterocycles. The number of nitrogens with one attached hydrogen (secondary N) is 1. The third-order valence-corrected chi connectivity index (χ3v) is 4.73. The molecule has 1 atom stereocenters. The number of nitrogens with zero attached hydrogens (tertiary/aromatic N) is 2. The van der Waals surface area contributed by atoms with Crippen molar-refractivity contribution in [3.8, 4) is 5.69 Å². The van der Waals surface area contributed by atoms with Gasteiger partial charge in [-0.15, -0.1) is 0 Å². The number of amides is 1. The highest BCUT2D eigenvalue weighted by Crippen LogP contribution is 2.42. The van der Waals surface area contributed by atoms with E-state index in [1.54, 1.807) is 4.68 Å². The minimum atomic E-state index is -0.0834. The van der Waals surface area contributed by atoms with E-state index >= 15 is 0 Å². The van der Waals surface area contributed by atoms with E-state index in [2.05, 4.69) is 10.4 Å². The summed E-state index contributed by atoms with van der Waals surface area (Å²) in [5.74, 6) is 0.629. The number of carbonyl (C=O) groups excluding carboxylic acids is 1. The molecule has 1 aromatic heterocycles. The lowest BCUT2D eigenvalue weighted by Gasteiger charge is -2.25. The molecule has 2 heterocycles. The van der Waals surface area contributed by atoms with Crippen LogP contribution >= 0.6 is 11.6 Å². The van der Waals surface area contributed by atoms with E-state index in [1.165, 1.54) is 0 Å². The first kappa shape index (κ1) is 15.0. The molecule has 1 N–H and O–H groups in total. The Morgan fingerprint density at radius 3 is 2.58 bits per heavy atom. The number of rotatable bonds is 2. The number of hydrogen-bond donors (Lipinski definition) is 1. The van der Waals surface area contributed by atoms with Crippen molar-refractivity contribution in [2.45, 2.75) is 19.3 Å². The van der Waals surface area contributed by atoms with Gasteiger partial charge in [0.05, 0.1) is 11.4 Å². The molecule has 5 heteroatoms. The van der Waals surface area contributed by atoms with E-state index in [1.807, 2.05) is 61.5 Å². The molecular weight excluding hydrogens is 322 g/mol. The van der Waals surface area contributed by atoms with Crippen molar-refractivity contribution in [2.24, 2.45) is 0 Å². The second kappa shape index (κ2) is 5.80. The van der Waals surface area contributed by atoms with Gasteiger partial charge in [0.25, 0.3) is 0 Å². The first-order chi connectivity index (χ1) is 11.6. The van der Waals surface area contributed by atoms with Crippen molar-refractivity contribution in [1.29, 1.82) is 0 Å². The summed E-state index contributed by atoms with van der Waals surface area (Å²) in [6, 6.07) is 17.5. The predicted octanol–water partition coefficient (Wildman–Crippen LogP) is 4.31. The molecule has 0 saturated carbocycles. The average Bonchev–Trinajstić information content (AvgIpc) is 2.92. The summed E-state index contributed by atoms with van der Waals surface area (Å²) in [4.78, 5) is 12.3. The molecule has 0 saturated heterocycles. The maximum absolute atomic E-state index is 12.3. The molecule has 4 nitrogen and oxygen atoms in total. The van der Waals surface area contributed by atoms with Crippen LogP contribution < -0.4 is 5.32 Å². The second-order valence-electron chi connectivity index (χ2n) is 5.92. The number of carbonyl (C=O) groups is 1. The zero-order chi connectivity index (χ0) is 16.7. The summed E-state index contributed by atoms with van der Waals surface area (Å²) >= 11 is 6.39. The molecule has 1 aliphatic rings. The van der Waals surface area contributed by atoms with Crippen LogP contribution in [0.5, 0.6) is 0 Å². The molecule has 0 bridgehead atoms. The lowest BCUT2D eigenvalue weighted by Crippen LogP contribution is -2.25. The molecule has 0 fully saturated rings. The second-order valence-corrected chi connectivity index (χ2v) is 6.33. The highest BCUT2D eigenvalue weighted by atomic mass is 35.5. The first-order valence-corrected chi connectivity index (χ1v) is 8.22. The summed E-state index contributed by atoms with van der Waals surface area (Å²) in [5.41, 5.74) is 3.82. The smallest absolute Gasteiger partial charge is 0.226 e. The van der Waals surface area contributed by atoms with Gasteiger partial charge < -0.3 is 5.32 Å². The van der Waals surface area contributed by atoms with Crippen molar-refractivity contribution in [2.75, 3.05) is 5.32 Å². The molecule has 0 spiro atoms. The summed E-state index contributed by atoms with van der Waals surface area (Å²) in [6.07, 6.45) is 0.373. The lowest BCUT2D eigenvalue weighted by atomic mass is 9.86. The largest absolute Gasteiger partial charge is 0.310 e. The number of hydrogen-bond acceptors (Lipinski definition) is 2. The van der Waals surface area contributed by atoms with E-state index in [-0.39, 0.29) is 11.8 Å². The fraction of sp³-hybridized carbons (Fsp3) is 0.158. The van der Waals surface area contributed by atoms with Crippen molar-refractivity contribution in [3.05, 3.63) is 76.4 Å². The van der Waals surface area contributed by atoms with Crippen LogP contribution in [0.25, 0.3) is 5.69 Å². The monoisotopic (exact) mass is 337 g/mol. The Morgan fingerprint density at radius 1 is 1.12 bits per heavy atom. The van der Waals surface area contributed by atoms with Gasteiger partial charge in [-0.25, -0.2) is 4.68 Å². The van der Waals surface area contributed by atoms with Gasteiger partial charge in [-0.05, 0) is 30.7 Å². The van der Waals surface area contributed by atoms with Crippen molar-refractivity contribution >= 4 is 23.3 Å². The van der Waals surface area contributed by atoms with Crippen LogP contribution in [0.3, 0.4) is 0 Å². The van der Waals surface area contributed by atoms with Crippen LogP contribution in [0.4, 0.5) is 5.82 Å². The van der Waals surface area contributed by atoms with Crippen molar-refractivity contribution < 1.29 is 4.79 Å². The molecule has 0 radical (unpaired) electrons. The molecule has 0 aliphatic carbocycles. The van der Waals surface area contributed by atoms with Crippen molar-refractivity contribution in [1.82, 2.24) is 9.78 Å². The van der Waals surface area contributed by atoms with Gasteiger partial charge in [-0.2, -0.15) is 5.10 Å². The Hall–Kier alpha value is -2.59. The van der Waals surface area contributed by atoms with Crippen LogP contribution in [0, 0.1) is 6.92 Å². The van der Waals surface area contributed by atoms with E-state index in [0.29, 0.717) is 11.4 Å². The maximum atomic E-state index is 12.3. The van der Waals surface area contributed by atoms with E-state index < -0.39 is 0 Å². The van der Waals surface area contributed by atoms with Gasteiger partial charge in [-0.1, -0.05) is 48.0 Å². The summed E-state index contributed by atoms with van der Waals surface area (Å²) in [5, 5.41) is 8.32. The highest BCUT2D eigenvalue weighted by molar-refractivity contribution is 6.31. The third-order valence-electron chi connectivity index (χ3n) is 4.38. The average molecular weight is 338 g/mol. The minimum absolute atomic E-state index is 0.0236. The van der Waals surface area contributed by atoms with E-state index in [4.69, 9.17) is 11.6 Å². The van der Waals surface area contributed by atoms with Crippen LogP contribution in [0.1, 0.15) is 29.2 Å². The fourth-order valence-electron chi connectivity index (χ4n) is 3.33. The number of benzene rings is 2. The van der Waals surface area contributed by atoms with Gasteiger partial charge in [-0.3, -0.25) is 4.79 Å². The number of aromatic nitrogens is 2. The molecular formula is C19H16ClN3O.